The van der Waals surface area contributed by atoms with E-state index in [4.69, 9.17) is 23.2 Å². The molecular formula is C7H6Cl2N2O2. The maximum absolute atomic E-state index is 11.1. The first kappa shape index (κ1) is 10.2. The second-order valence-corrected chi connectivity index (χ2v) is 2.95. The minimum absolute atomic E-state index is 0.0123. The van der Waals surface area contributed by atoms with E-state index in [0.717, 1.165) is 0 Å². The van der Waals surface area contributed by atoms with Crippen LogP contribution in [0.4, 0.5) is 0 Å². The van der Waals surface area contributed by atoms with Gasteiger partial charge in [0.2, 0.25) is 5.28 Å². The van der Waals surface area contributed by atoms with Crippen molar-refractivity contribution < 1.29 is 9.53 Å². The van der Waals surface area contributed by atoms with Crippen molar-refractivity contribution in [2.75, 3.05) is 7.11 Å². The molecule has 70 valence electrons. The summed E-state index contributed by atoms with van der Waals surface area (Å²) >= 11 is 11.3. The molecule has 0 spiro atoms. The first-order chi connectivity index (χ1) is 6.06. The number of esters is 1. The summed E-state index contributed by atoms with van der Waals surface area (Å²) in [5, 5.41) is 0.138. The molecule has 0 atom stereocenters. The van der Waals surface area contributed by atoms with Crippen LogP contribution in [0.5, 0.6) is 0 Å². The first-order valence-corrected chi connectivity index (χ1v) is 4.09. The number of hydrogen-bond acceptors (Lipinski definition) is 4. The van der Waals surface area contributed by atoms with Crippen molar-refractivity contribution in [1.82, 2.24) is 9.97 Å². The number of carbonyl (C=O) groups excluding carboxylic acids is 1. The molecule has 0 unspecified atom stereocenters. The molecule has 6 heteroatoms. The van der Waals surface area contributed by atoms with Crippen LogP contribution >= 0.6 is 23.2 Å². The highest BCUT2D eigenvalue weighted by Gasteiger charge is 2.16. The van der Waals surface area contributed by atoms with Gasteiger partial charge in [0.05, 0.1) is 17.8 Å². The Morgan fingerprint density at radius 1 is 1.38 bits per heavy atom. The van der Waals surface area contributed by atoms with Gasteiger partial charge in [0.1, 0.15) is 0 Å². The Kier molecular flexibility index (Phi) is 3.06. The highest BCUT2D eigenvalue weighted by atomic mass is 35.5. The fourth-order valence-electron chi connectivity index (χ4n) is 0.757. The molecule has 1 aromatic heterocycles. The van der Waals surface area contributed by atoms with Crippen LogP contribution in [0.15, 0.2) is 0 Å². The van der Waals surface area contributed by atoms with Gasteiger partial charge in [0, 0.05) is 0 Å². The van der Waals surface area contributed by atoms with Crippen LogP contribution in [0.1, 0.15) is 16.2 Å². The third-order valence-electron chi connectivity index (χ3n) is 1.37. The Balaban J connectivity index is 3.28. The fourth-order valence-corrected chi connectivity index (χ4v) is 1.13. The van der Waals surface area contributed by atoms with Gasteiger partial charge in [0.15, 0.2) is 5.69 Å². The summed E-state index contributed by atoms with van der Waals surface area (Å²) < 4.78 is 4.45. The number of rotatable bonds is 1. The molecule has 13 heavy (non-hydrogen) atoms. The first-order valence-electron chi connectivity index (χ1n) is 3.34. The van der Waals surface area contributed by atoms with Gasteiger partial charge in [0.25, 0.3) is 0 Å². The third kappa shape index (κ3) is 2.08. The average Bonchev–Trinajstić information content (AvgIpc) is 2.10. The van der Waals surface area contributed by atoms with Crippen LogP contribution in [-0.4, -0.2) is 23.0 Å². The predicted octanol–water partition coefficient (Wildman–Crippen LogP) is 1.88. The molecule has 0 N–H and O–H groups in total. The molecule has 0 aromatic carbocycles. The summed E-state index contributed by atoms with van der Waals surface area (Å²) in [5.41, 5.74) is 0.434. The summed E-state index contributed by atoms with van der Waals surface area (Å²) in [6, 6.07) is 0. The van der Waals surface area contributed by atoms with Gasteiger partial charge in [-0.25, -0.2) is 14.8 Å². The van der Waals surface area contributed by atoms with Gasteiger partial charge in [-0.15, -0.1) is 0 Å². The second kappa shape index (κ2) is 3.89. The molecule has 1 heterocycles. The smallest absolute Gasteiger partial charge is 0.358 e. The minimum atomic E-state index is -0.627. The Bertz CT molecular complexity index is 355. The van der Waals surface area contributed by atoms with Gasteiger partial charge >= 0.3 is 5.97 Å². The largest absolute Gasteiger partial charge is 0.464 e. The fraction of sp³-hybridized carbons (Fsp3) is 0.286. The van der Waals surface area contributed by atoms with Gasteiger partial charge < -0.3 is 4.74 Å². The van der Waals surface area contributed by atoms with Gasteiger partial charge in [-0.2, -0.15) is 0 Å². The molecule has 0 aliphatic carbocycles. The zero-order chi connectivity index (χ0) is 10.0. The Morgan fingerprint density at radius 3 is 2.54 bits per heavy atom. The van der Waals surface area contributed by atoms with Crippen molar-refractivity contribution in [2.24, 2.45) is 0 Å². The number of aryl methyl sites for hydroxylation is 1. The molecule has 0 amide bonds. The van der Waals surface area contributed by atoms with E-state index in [1.165, 1.54) is 7.11 Å². The maximum atomic E-state index is 11.1. The van der Waals surface area contributed by atoms with E-state index in [9.17, 15) is 4.79 Å². The molecule has 4 nitrogen and oxygen atoms in total. The van der Waals surface area contributed by atoms with E-state index in [1.54, 1.807) is 6.92 Å². The lowest BCUT2D eigenvalue weighted by atomic mass is 10.3. The monoisotopic (exact) mass is 220 g/mol. The van der Waals surface area contributed by atoms with Crippen LogP contribution in [0.25, 0.3) is 0 Å². The number of halogens is 2. The van der Waals surface area contributed by atoms with E-state index in [-0.39, 0.29) is 16.0 Å². The summed E-state index contributed by atoms with van der Waals surface area (Å²) in [6.45, 7) is 1.63. The molecule has 0 saturated carbocycles. The normalized spacial score (nSPS) is 9.85. The van der Waals surface area contributed by atoms with Crippen LogP contribution in [0, 0.1) is 6.92 Å². The van der Waals surface area contributed by atoms with Gasteiger partial charge in [-0.1, -0.05) is 11.6 Å². The molecule has 0 fully saturated rings. The molecule has 1 rings (SSSR count). The summed E-state index contributed by atoms with van der Waals surface area (Å²) in [7, 11) is 1.24. The van der Waals surface area contributed by atoms with Crippen LogP contribution < -0.4 is 0 Å². The van der Waals surface area contributed by atoms with Crippen LogP contribution in [0.3, 0.4) is 0 Å². The number of aromatic nitrogens is 2. The Hall–Kier alpha value is -0.870. The molecular weight excluding hydrogens is 215 g/mol. The zero-order valence-electron chi connectivity index (χ0n) is 6.97. The van der Waals surface area contributed by atoms with E-state index in [1.807, 2.05) is 0 Å². The lowest BCUT2D eigenvalue weighted by Crippen LogP contribution is -2.07. The lowest BCUT2D eigenvalue weighted by Gasteiger charge is -2.03. The van der Waals surface area contributed by atoms with Crippen molar-refractivity contribution in [1.29, 1.82) is 0 Å². The standard InChI is InChI=1S/C7H6Cl2N2O2/c1-3-4(8)5(6(12)13-2)11-7(9)10-3/h1-2H3. The highest BCUT2D eigenvalue weighted by Crippen LogP contribution is 2.19. The summed E-state index contributed by atoms with van der Waals surface area (Å²) in [4.78, 5) is 18.5. The molecule has 0 radical (unpaired) electrons. The number of methoxy groups -OCH3 is 1. The van der Waals surface area contributed by atoms with Gasteiger partial charge in [-0.3, -0.25) is 0 Å². The topological polar surface area (TPSA) is 52.1 Å². The van der Waals surface area contributed by atoms with Crippen molar-refractivity contribution in [3.05, 3.63) is 21.7 Å². The van der Waals surface area contributed by atoms with Crippen molar-refractivity contribution in [3.63, 3.8) is 0 Å². The summed E-state index contributed by atoms with van der Waals surface area (Å²) in [5.74, 6) is -0.627. The van der Waals surface area contributed by atoms with Gasteiger partial charge in [-0.05, 0) is 18.5 Å². The number of hydrogen-bond donors (Lipinski definition) is 0. The summed E-state index contributed by atoms with van der Waals surface area (Å²) in [6.07, 6.45) is 0. The Morgan fingerprint density at radius 2 is 2.00 bits per heavy atom. The van der Waals surface area contributed by atoms with E-state index in [2.05, 4.69) is 14.7 Å². The van der Waals surface area contributed by atoms with Crippen molar-refractivity contribution >= 4 is 29.2 Å². The van der Waals surface area contributed by atoms with Crippen LogP contribution in [0.2, 0.25) is 10.3 Å². The Labute approximate surface area is 84.8 Å². The molecule has 0 bridgehead atoms. The predicted molar refractivity (Wildman–Crippen MR) is 48.1 cm³/mol. The second-order valence-electron chi connectivity index (χ2n) is 2.23. The van der Waals surface area contributed by atoms with Crippen molar-refractivity contribution in [3.8, 4) is 0 Å². The molecule has 1 aromatic rings. The number of ether oxygens (including phenoxy) is 1. The molecule has 0 saturated heterocycles. The third-order valence-corrected chi connectivity index (χ3v) is 1.99. The highest BCUT2D eigenvalue weighted by molar-refractivity contribution is 6.34. The SMILES string of the molecule is COC(=O)c1nc(Cl)nc(C)c1Cl. The average molecular weight is 221 g/mol. The van der Waals surface area contributed by atoms with Crippen molar-refractivity contribution in [2.45, 2.75) is 6.92 Å². The van der Waals surface area contributed by atoms with E-state index >= 15 is 0 Å². The molecule has 0 aliphatic rings. The molecule has 0 aliphatic heterocycles. The van der Waals surface area contributed by atoms with E-state index in [0.29, 0.717) is 5.69 Å². The van der Waals surface area contributed by atoms with E-state index < -0.39 is 5.97 Å². The van der Waals surface area contributed by atoms with Crippen LogP contribution in [-0.2, 0) is 4.74 Å². The lowest BCUT2D eigenvalue weighted by molar-refractivity contribution is 0.0594. The quantitative estimate of drug-likeness (QED) is 0.536. The zero-order valence-corrected chi connectivity index (χ0v) is 8.48. The number of nitrogens with zero attached hydrogens (tertiary/aromatic N) is 2. The maximum Gasteiger partial charge on any atom is 0.358 e. The minimum Gasteiger partial charge on any atom is -0.464 e. The number of carbonyl (C=O) groups is 1.